The number of anilines is 4. The summed E-state index contributed by atoms with van der Waals surface area (Å²) in [6.07, 6.45) is 3.56. The van der Waals surface area contributed by atoms with Crippen LogP contribution in [0.25, 0.3) is 28.2 Å². The van der Waals surface area contributed by atoms with Crippen molar-refractivity contribution < 1.29 is 9.53 Å². The van der Waals surface area contributed by atoms with Gasteiger partial charge in [0.1, 0.15) is 12.1 Å². The quantitative estimate of drug-likeness (QED) is 0.348. The highest BCUT2D eigenvalue weighted by atomic mass is 16.5. The highest BCUT2D eigenvalue weighted by Crippen LogP contribution is 2.29. The van der Waals surface area contributed by atoms with Crippen LogP contribution in [-0.4, -0.2) is 56.7 Å². The molecule has 1 saturated heterocycles. The van der Waals surface area contributed by atoms with Crippen molar-refractivity contribution in [3.05, 3.63) is 79.3 Å². The maximum atomic E-state index is 11.4. The van der Waals surface area contributed by atoms with Crippen LogP contribution in [0.1, 0.15) is 6.92 Å². The number of nitrogens with one attached hydrogen (secondary N) is 2. The van der Waals surface area contributed by atoms with Crippen LogP contribution >= 0.6 is 0 Å². The van der Waals surface area contributed by atoms with Gasteiger partial charge in [-0.25, -0.2) is 19.9 Å². The Kier molecular flexibility index (Phi) is 6.37. The summed E-state index contributed by atoms with van der Waals surface area (Å²) in [4.78, 5) is 32.7. The zero-order valence-corrected chi connectivity index (χ0v) is 20.8. The van der Waals surface area contributed by atoms with Gasteiger partial charge in [-0.15, -0.1) is 0 Å². The molecule has 0 unspecified atom stereocenters. The fourth-order valence-corrected chi connectivity index (χ4v) is 4.37. The first kappa shape index (κ1) is 23.6. The van der Waals surface area contributed by atoms with Crippen molar-refractivity contribution in [3.63, 3.8) is 0 Å². The van der Waals surface area contributed by atoms with Crippen molar-refractivity contribution in [2.75, 3.05) is 41.8 Å². The Hall–Kier alpha value is -4.83. The fraction of sp³-hybridized carbons (Fsp3) is 0.179. The van der Waals surface area contributed by atoms with Gasteiger partial charge in [0.05, 0.1) is 13.2 Å². The molecule has 190 valence electrons. The number of rotatable bonds is 6. The third kappa shape index (κ3) is 4.89. The van der Waals surface area contributed by atoms with Crippen LogP contribution in [0.2, 0.25) is 0 Å². The minimum Gasteiger partial charge on any atom is -0.378 e. The van der Waals surface area contributed by atoms with E-state index in [-0.39, 0.29) is 5.91 Å². The van der Waals surface area contributed by atoms with Crippen LogP contribution in [-0.2, 0) is 9.53 Å². The number of pyridine rings is 1. The molecule has 10 nitrogen and oxygen atoms in total. The molecule has 2 N–H and O–H groups in total. The first-order valence-corrected chi connectivity index (χ1v) is 12.4. The van der Waals surface area contributed by atoms with E-state index in [0.29, 0.717) is 36.0 Å². The van der Waals surface area contributed by atoms with Gasteiger partial charge in [-0.2, -0.15) is 0 Å². The zero-order chi connectivity index (χ0) is 25.9. The summed E-state index contributed by atoms with van der Waals surface area (Å²) in [7, 11) is 0. The van der Waals surface area contributed by atoms with Gasteiger partial charge >= 0.3 is 0 Å². The summed E-state index contributed by atoms with van der Waals surface area (Å²) >= 11 is 0. The Bertz CT molecular complexity index is 1560. The highest BCUT2D eigenvalue weighted by molar-refractivity contribution is 5.90. The van der Waals surface area contributed by atoms with Crippen molar-refractivity contribution in [2.45, 2.75) is 6.92 Å². The number of hydrogen-bond donors (Lipinski definition) is 2. The van der Waals surface area contributed by atoms with Crippen molar-refractivity contribution in [2.24, 2.45) is 0 Å². The molecule has 1 aliphatic heterocycles. The van der Waals surface area contributed by atoms with Gasteiger partial charge in [0.25, 0.3) is 0 Å². The maximum Gasteiger partial charge on any atom is 0.221 e. The Morgan fingerprint density at radius 3 is 2.37 bits per heavy atom. The van der Waals surface area contributed by atoms with Gasteiger partial charge in [0, 0.05) is 48.8 Å². The average Bonchev–Trinajstić information content (AvgIpc) is 3.39. The molecule has 0 bridgehead atoms. The maximum absolute atomic E-state index is 11.4. The summed E-state index contributed by atoms with van der Waals surface area (Å²) < 4.78 is 7.40. The van der Waals surface area contributed by atoms with Gasteiger partial charge in [0.15, 0.2) is 22.8 Å². The molecule has 0 aliphatic carbocycles. The van der Waals surface area contributed by atoms with Crippen LogP contribution in [0, 0.1) is 0 Å². The number of imidazole rings is 1. The van der Waals surface area contributed by atoms with Crippen molar-refractivity contribution >= 4 is 40.1 Å². The van der Waals surface area contributed by atoms with Crippen LogP contribution in [0.5, 0.6) is 0 Å². The van der Waals surface area contributed by atoms with Gasteiger partial charge in [-0.1, -0.05) is 18.2 Å². The number of nitrogens with zero attached hydrogens (tertiary/aromatic N) is 6. The van der Waals surface area contributed by atoms with E-state index in [1.165, 1.54) is 6.92 Å². The van der Waals surface area contributed by atoms with Gasteiger partial charge < -0.3 is 20.3 Å². The Labute approximate surface area is 219 Å². The van der Waals surface area contributed by atoms with E-state index < -0.39 is 0 Å². The molecule has 0 saturated carbocycles. The minimum atomic E-state index is -0.118. The van der Waals surface area contributed by atoms with Crippen molar-refractivity contribution in [3.8, 4) is 17.1 Å². The summed E-state index contributed by atoms with van der Waals surface area (Å²) in [5.74, 6) is 1.90. The first-order chi connectivity index (χ1) is 18.6. The van der Waals surface area contributed by atoms with E-state index in [9.17, 15) is 4.79 Å². The number of para-hydroxylation sites is 1. The van der Waals surface area contributed by atoms with E-state index in [1.807, 2.05) is 71.3 Å². The van der Waals surface area contributed by atoms with E-state index in [2.05, 4.69) is 25.5 Å². The molecule has 10 heteroatoms. The van der Waals surface area contributed by atoms with E-state index in [0.717, 1.165) is 41.5 Å². The molecule has 6 rings (SSSR count). The Morgan fingerprint density at radius 2 is 1.66 bits per heavy atom. The number of ether oxygens (including phenoxy) is 1. The molecule has 0 spiro atoms. The molecular formula is C28H26N8O2. The van der Waals surface area contributed by atoms with E-state index in [4.69, 9.17) is 14.7 Å². The van der Waals surface area contributed by atoms with Crippen LogP contribution < -0.4 is 15.5 Å². The van der Waals surface area contributed by atoms with Gasteiger partial charge in [0.2, 0.25) is 5.91 Å². The average molecular weight is 507 g/mol. The molecule has 38 heavy (non-hydrogen) atoms. The predicted molar refractivity (Wildman–Crippen MR) is 147 cm³/mol. The number of fused-ring (bicyclic) bond motifs is 1. The van der Waals surface area contributed by atoms with E-state index >= 15 is 0 Å². The summed E-state index contributed by atoms with van der Waals surface area (Å²) in [6.45, 7) is 4.53. The number of aromatic nitrogens is 5. The lowest BCUT2D eigenvalue weighted by Gasteiger charge is -2.27. The largest absolute Gasteiger partial charge is 0.378 e. The van der Waals surface area contributed by atoms with Gasteiger partial charge in [-0.05, 0) is 48.5 Å². The third-order valence-electron chi connectivity index (χ3n) is 6.24. The third-order valence-corrected chi connectivity index (χ3v) is 6.24. The fourth-order valence-electron chi connectivity index (χ4n) is 4.37. The molecule has 5 aromatic rings. The minimum absolute atomic E-state index is 0.118. The SMILES string of the molecule is CC(=O)Nc1ccc(Nc2nc(-c3ccc(N4CCOCC4)nc3)nc3c2ncn3-c2ccccc2)cc1. The zero-order valence-electron chi connectivity index (χ0n) is 20.8. The summed E-state index contributed by atoms with van der Waals surface area (Å²) in [5, 5.41) is 6.16. The molecule has 0 atom stereocenters. The van der Waals surface area contributed by atoms with Crippen molar-refractivity contribution in [1.29, 1.82) is 0 Å². The topological polar surface area (TPSA) is 110 Å². The molecular weight excluding hydrogens is 480 g/mol. The predicted octanol–water partition coefficient (Wildman–Crippen LogP) is 4.42. The summed E-state index contributed by atoms with van der Waals surface area (Å²) in [6, 6.07) is 21.4. The lowest BCUT2D eigenvalue weighted by molar-refractivity contribution is -0.114. The monoisotopic (exact) mass is 506 g/mol. The lowest BCUT2D eigenvalue weighted by atomic mass is 10.2. The molecule has 2 aromatic carbocycles. The number of hydrogen-bond acceptors (Lipinski definition) is 8. The van der Waals surface area contributed by atoms with E-state index in [1.54, 1.807) is 12.5 Å². The molecule has 1 amide bonds. The Balaban J connectivity index is 1.39. The normalized spacial score (nSPS) is 13.4. The molecule has 1 aliphatic rings. The van der Waals surface area contributed by atoms with Crippen molar-refractivity contribution in [1.82, 2.24) is 24.5 Å². The number of amides is 1. The lowest BCUT2D eigenvalue weighted by Crippen LogP contribution is -2.36. The number of benzene rings is 2. The second-order valence-corrected chi connectivity index (χ2v) is 8.91. The van der Waals surface area contributed by atoms with Crippen LogP contribution in [0.15, 0.2) is 79.3 Å². The molecule has 4 heterocycles. The van der Waals surface area contributed by atoms with Crippen LogP contribution in [0.4, 0.5) is 23.0 Å². The van der Waals surface area contributed by atoms with Crippen LogP contribution in [0.3, 0.4) is 0 Å². The number of carbonyl (C=O) groups excluding carboxylic acids is 1. The smallest absolute Gasteiger partial charge is 0.221 e. The van der Waals surface area contributed by atoms with Gasteiger partial charge in [-0.3, -0.25) is 9.36 Å². The number of carbonyl (C=O) groups is 1. The Morgan fingerprint density at radius 1 is 0.895 bits per heavy atom. The summed E-state index contributed by atoms with van der Waals surface area (Å²) in [5.41, 5.74) is 4.59. The first-order valence-electron chi connectivity index (χ1n) is 12.4. The molecule has 3 aromatic heterocycles. The second kappa shape index (κ2) is 10.3. The number of morpholine rings is 1. The highest BCUT2D eigenvalue weighted by Gasteiger charge is 2.17. The molecule has 0 radical (unpaired) electrons. The molecule has 1 fully saturated rings. The second-order valence-electron chi connectivity index (χ2n) is 8.91. The standard InChI is InChI=1S/C28H26N8O2/c1-19(37)31-21-8-10-22(11-9-21)32-27-25-28(36(18-30-25)23-5-3-2-4-6-23)34-26(33-27)20-7-12-24(29-17-20)35-13-15-38-16-14-35/h2-12,17-18H,13-16H2,1H3,(H,31,37)(H,32,33,34).